The first-order valence-electron chi connectivity index (χ1n) is 4.93. The van der Waals surface area contributed by atoms with E-state index in [1.165, 1.54) is 0 Å². The Morgan fingerprint density at radius 3 is 2.50 bits per heavy atom. The quantitative estimate of drug-likeness (QED) is 0.679. The minimum atomic E-state index is 0.108. The van der Waals surface area contributed by atoms with Gasteiger partial charge in [-0.2, -0.15) is 0 Å². The molecular weight excluding hydrogens is 174 g/mol. The molecule has 0 aromatic rings. The molecule has 1 rings (SSSR count). The van der Waals surface area contributed by atoms with Gasteiger partial charge in [-0.15, -0.1) is 0 Å². The van der Waals surface area contributed by atoms with Crippen molar-refractivity contribution in [2.24, 2.45) is 11.8 Å². The van der Waals surface area contributed by atoms with Crippen molar-refractivity contribution in [1.82, 2.24) is 5.32 Å². The van der Waals surface area contributed by atoms with Crippen LogP contribution >= 0.6 is 0 Å². The molecule has 2 heteroatoms. The highest BCUT2D eigenvalue weighted by molar-refractivity contribution is 5.81. The lowest BCUT2D eigenvalue weighted by atomic mass is 9.75. The van der Waals surface area contributed by atoms with Crippen molar-refractivity contribution in [3.63, 3.8) is 0 Å². The largest absolute Gasteiger partial charge is 0.326 e. The van der Waals surface area contributed by atoms with Crippen LogP contribution in [0.5, 0.6) is 0 Å². The Bertz CT molecular complexity index is 272. The number of amides is 1. The summed E-state index contributed by atoms with van der Waals surface area (Å²) in [6, 6.07) is 0. The molecule has 1 fully saturated rings. The van der Waals surface area contributed by atoms with E-state index >= 15 is 0 Å². The first-order chi connectivity index (χ1) is 6.67. The van der Waals surface area contributed by atoms with Crippen LogP contribution in [-0.4, -0.2) is 5.91 Å². The fourth-order valence-corrected chi connectivity index (χ4v) is 1.65. The zero-order valence-electron chi connectivity index (χ0n) is 8.62. The molecule has 0 heterocycles. The van der Waals surface area contributed by atoms with Gasteiger partial charge in [0.15, 0.2) is 0 Å². The van der Waals surface area contributed by atoms with E-state index in [9.17, 15) is 4.79 Å². The first-order valence-corrected chi connectivity index (χ1v) is 4.93. The van der Waals surface area contributed by atoms with Crippen molar-refractivity contribution < 1.29 is 4.79 Å². The number of rotatable bonds is 4. The van der Waals surface area contributed by atoms with Gasteiger partial charge in [-0.05, 0) is 30.9 Å². The van der Waals surface area contributed by atoms with E-state index in [2.05, 4.69) is 25.4 Å². The molecule has 0 bridgehead atoms. The van der Waals surface area contributed by atoms with E-state index in [1.54, 1.807) is 18.2 Å². The third-order valence-corrected chi connectivity index (χ3v) is 2.53. The van der Waals surface area contributed by atoms with Crippen molar-refractivity contribution in [2.75, 3.05) is 0 Å². The lowest BCUT2D eigenvalue weighted by Crippen LogP contribution is -2.37. The molecule has 1 saturated carbocycles. The molecule has 1 N–H and O–H groups in total. The maximum Gasteiger partial charge on any atom is 0.227 e. The summed E-state index contributed by atoms with van der Waals surface area (Å²) in [5.74, 6) is 0.996. The van der Waals surface area contributed by atoms with Gasteiger partial charge < -0.3 is 5.32 Å². The lowest BCUT2D eigenvalue weighted by molar-refractivity contribution is -0.127. The van der Waals surface area contributed by atoms with Gasteiger partial charge in [-0.1, -0.05) is 26.2 Å². The SMILES string of the molecule is C=C/C=C(\C=C)NC(=O)C1CC(C)C1. The zero-order chi connectivity index (χ0) is 10.6. The van der Waals surface area contributed by atoms with Crippen LogP contribution in [0.2, 0.25) is 0 Å². The molecule has 0 unspecified atom stereocenters. The summed E-state index contributed by atoms with van der Waals surface area (Å²) in [6.07, 6.45) is 7.02. The highest BCUT2D eigenvalue weighted by Gasteiger charge is 2.31. The Labute approximate surface area is 85.4 Å². The number of nitrogens with one attached hydrogen (secondary N) is 1. The average molecular weight is 191 g/mol. The third kappa shape index (κ3) is 2.59. The summed E-state index contributed by atoms with van der Waals surface area (Å²) in [5.41, 5.74) is 0.726. The van der Waals surface area contributed by atoms with Crippen LogP contribution < -0.4 is 5.32 Å². The molecule has 0 atom stereocenters. The molecule has 76 valence electrons. The molecule has 0 saturated heterocycles. The maximum atomic E-state index is 11.6. The van der Waals surface area contributed by atoms with Crippen LogP contribution in [0.3, 0.4) is 0 Å². The van der Waals surface area contributed by atoms with E-state index in [1.807, 2.05) is 0 Å². The van der Waals surface area contributed by atoms with Gasteiger partial charge in [0.25, 0.3) is 0 Å². The van der Waals surface area contributed by atoms with Crippen LogP contribution in [0.15, 0.2) is 37.1 Å². The molecule has 0 aromatic carbocycles. The van der Waals surface area contributed by atoms with Gasteiger partial charge in [-0.3, -0.25) is 4.79 Å². The zero-order valence-corrected chi connectivity index (χ0v) is 8.62. The molecule has 1 aliphatic carbocycles. The standard InChI is InChI=1S/C12H17NO/c1-4-6-11(5-2)13-12(14)10-7-9(3)8-10/h4-6,9-10H,1-2,7-8H2,3H3,(H,13,14)/b11-6+. The van der Waals surface area contributed by atoms with Gasteiger partial charge in [0.1, 0.15) is 0 Å². The predicted octanol–water partition coefficient (Wildman–Crippen LogP) is 2.40. The number of hydrogen-bond donors (Lipinski definition) is 1. The number of carbonyl (C=O) groups excluding carboxylic acids is 1. The molecule has 0 spiro atoms. The first kappa shape index (κ1) is 10.8. The van der Waals surface area contributed by atoms with Crippen LogP contribution in [-0.2, 0) is 4.79 Å². The molecule has 0 radical (unpaired) electrons. The fraction of sp³-hybridized carbons (Fsp3) is 0.417. The fourth-order valence-electron chi connectivity index (χ4n) is 1.65. The van der Waals surface area contributed by atoms with Crippen molar-refractivity contribution in [3.05, 3.63) is 37.1 Å². The van der Waals surface area contributed by atoms with Crippen LogP contribution in [0.25, 0.3) is 0 Å². The Hall–Kier alpha value is -1.31. The van der Waals surface area contributed by atoms with Crippen molar-refractivity contribution in [2.45, 2.75) is 19.8 Å². The Balaban J connectivity index is 2.43. The molecule has 0 aliphatic heterocycles. The summed E-state index contributed by atoms with van der Waals surface area (Å²) < 4.78 is 0. The van der Waals surface area contributed by atoms with Gasteiger partial charge in [0, 0.05) is 11.6 Å². The molecule has 14 heavy (non-hydrogen) atoms. The second-order valence-electron chi connectivity index (χ2n) is 3.82. The van der Waals surface area contributed by atoms with E-state index in [0.717, 1.165) is 18.5 Å². The molecular formula is C12H17NO. The smallest absolute Gasteiger partial charge is 0.227 e. The second kappa shape index (κ2) is 4.80. The van der Waals surface area contributed by atoms with Crippen molar-refractivity contribution >= 4 is 5.91 Å². The topological polar surface area (TPSA) is 29.1 Å². The van der Waals surface area contributed by atoms with Crippen molar-refractivity contribution in [3.8, 4) is 0 Å². The molecule has 1 amide bonds. The van der Waals surface area contributed by atoms with Gasteiger partial charge >= 0.3 is 0 Å². The molecule has 2 nitrogen and oxygen atoms in total. The maximum absolute atomic E-state index is 11.6. The molecule has 0 aromatic heterocycles. The van der Waals surface area contributed by atoms with E-state index in [-0.39, 0.29) is 11.8 Å². The lowest BCUT2D eigenvalue weighted by Gasteiger charge is -2.31. The normalized spacial score (nSPS) is 26.2. The van der Waals surface area contributed by atoms with E-state index in [0.29, 0.717) is 5.92 Å². The van der Waals surface area contributed by atoms with E-state index < -0.39 is 0 Å². The predicted molar refractivity (Wildman–Crippen MR) is 58.5 cm³/mol. The summed E-state index contributed by atoms with van der Waals surface area (Å²) in [7, 11) is 0. The average Bonchev–Trinajstić information content (AvgIpc) is 2.12. The molecule has 1 aliphatic rings. The van der Waals surface area contributed by atoms with Crippen LogP contribution in [0.1, 0.15) is 19.8 Å². The highest BCUT2D eigenvalue weighted by atomic mass is 16.1. The summed E-state index contributed by atoms with van der Waals surface area (Å²) >= 11 is 0. The number of carbonyl (C=O) groups is 1. The highest BCUT2D eigenvalue weighted by Crippen LogP contribution is 2.33. The second-order valence-corrected chi connectivity index (χ2v) is 3.82. The third-order valence-electron chi connectivity index (χ3n) is 2.53. The van der Waals surface area contributed by atoms with Crippen LogP contribution in [0, 0.1) is 11.8 Å². The van der Waals surface area contributed by atoms with Gasteiger partial charge in [-0.25, -0.2) is 0 Å². The summed E-state index contributed by atoms with van der Waals surface area (Å²) in [5, 5.41) is 2.82. The van der Waals surface area contributed by atoms with Crippen molar-refractivity contribution in [1.29, 1.82) is 0 Å². The number of hydrogen-bond acceptors (Lipinski definition) is 1. The summed E-state index contributed by atoms with van der Waals surface area (Å²) in [6.45, 7) is 9.36. The number of allylic oxidation sites excluding steroid dienone is 3. The minimum Gasteiger partial charge on any atom is -0.326 e. The Morgan fingerprint density at radius 2 is 2.07 bits per heavy atom. The van der Waals surface area contributed by atoms with Gasteiger partial charge in [0.2, 0.25) is 5.91 Å². The minimum absolute atomic E-state index is 0.108. The monoisotopic (exact) mass is 191 g/mol. The summed E-state index contributed by atoms with van der Waals surface area (Å²) in [4.78, 5) is 11.6. The Morgan fingerprint density at radius 1 is 1.43 bits per heavy atom. The van der Waals surface area contributed by atoms with E-state index in [4.69, 9.17) is 0 Å². The van der Waals surface area contributed by atoms with Crippen LogP contribution in [0.4, 0.5) is 0 Å². The van der Waals surface area contributed by atoms with Gasteiger partial charge in [0.05, 0.1) is 0 Å². The Kier molecular flexibility index (Phi) is 3.69.